The van der Waals surface area contributed by atoms with E-state index in [-0.39, 0.29) is 0 Å². The van der Waals surface area contributed by atoms with Crippen molar-refractivity contribution in [1.82, 2.24) is 24.5 Å². The van der Waals surface area contributed by atoms with Crippen molar-refractivity contribution in [2.75, 3.05) is 162 Å². The molecule has 0 amide bonds. The van der Waals surface area contributed by atoms with Crippen LogP contribution in [0.1, 0.15) is 86.0 Å². The van der Waals surface area contributed by atoms with Crippen molar-refractivity contribution in [1.29, 1.82) is 0 Å². The number of hydrogen-bond donors (Lipinski definition) is 0. The molecule has 0 spiro atoms. The topological polar surface area (TPSA) is 56.9 Å². The van der Waals surface area contributed by atoms with Crippen molar-refractivity contribution < 1.29 is 14.2 Å². The summed E-state index contributed by atoms with van der Waals surface area (Å²) < 4.78 is 16.5. The highest BCUT2D eigenvalue weighted by molar-refractivity contribution is 5.59. The predicted octanol–water partition coefficient (Wildman–Crippen LogP) is 15.9. The van der Waals surface area contributed by atoms with Gasteiger partial charge in [-0.2, -0.15) is 0 Å². The smallest absolute Gasteiger partial charge is 0.142 e. The van der Waals surface area contributed by atoms with E-state index in [4.69, 9.17) is 14.2 Å². The first-order chi connectivity index (χ1) is 49.8. The third-order valence-electron chi connectivity index (χ3n) is 20.6. The molecular formula is C90H117N9O3. The Morgan fingerprint density at radius 3 is 1.13 bits per heavy atom. The van der Waals surface area contributed by atoms with Crippen molar-refractivity contribution >= 4 is 22.7 Å². The lowest BCUT2D eigenvalue weighted by atomic mass is 10.0. The summed E-state index contributed by atoms with van der Waals surface area (Å²) in [6.45, 7) is 18.9. The monoisotopic (exact) mass is 1370 g/mol. The molecule has 9 aliphatic heterocycles. The van der Waals surface area contributed by atoms with Gasteiger partial charge in [0.1, 0.15) is 24.7 Å². The van der Waals surface area contributed by atoms with Crippen molar-refractivity contribution in [3.63, 3.8) is 0 Å². The zero-order chi connectivity index (χ0) is 71.3. The fourth-order valence-corrected chi connectivity index (χ4v) is 14.4. The van der Waals surface area contributed by atoms with Crippen molar-refractivity contribution in [2.45, 2.75) is 97.1 Å². The highest BCUT2D eigenvalue weighted by atomic mass is 16.5. The Bertz CT molecular complexity index is 3790. The summed E-state index contributed by atoms with van der Waals surface area (Å²) in [4.78, 5) is 20.9. The molecule has 12 nitrogen and oxygen atoms in total. The number of rotatable bonds is 0. The van der Waals surface area contributed by atoms with Gasteiger partial charge in [0.25, 0.3) is 0 Å². The fourth-order valence-electron chi connectivity index (χ4n) is 14.4. The molecular weight excluding hydrogens is 1260 g/mol. The van der Waals surface area contributed by atoms with Gasteiger partial charge < -0.3 is 48.5 Å². The molecule has 0 fully saturated rings. The lowest BCUT2D eigenvalue weighted by Crippen LogP contribution is -2.28. The lowest BCUT2D eigenvalue weighted by molar-refractivity contribution is 0.133. The second-order valence-electron chi connectivity index (χ2n) is 28.7. The van der Waals surface area contributed by atoms with Crippen LogP contribution < -0.4 is 29.1 Å². The van der Waals surface area contributed by atoms with E-state index in [0.29, 0.717) is 0 Å². The van der Waals surface area contributed by atoms with Crippen LogP contribution in [-0.2, 0) is 82.6 Å². The van der Waals surface area contributed by atoms with Crippen LogP contribution in [0.25, 0.3) is 0 Å². The zero-order valence-electron chi connectivity index (χ0n) is 63.1. The molecule has 9 aromatic carbocycles. The van der Waals surface area contributed by atoms with E-state index in [0.717, 1.165) is 90.3 Å². The van der Waals surface area contributed by atoms with E-state index in [2.05, 4.69) is 296 Å². The fraction of sp³-hybridized carbons (Fsp3) is 0.400. The molecule has 0 atom stereocenters. The number of fused-ring (bicyclic) bond motifs is 9. The Morgan fingerprint density at radius 1 is 0.216 bits per heavy atom. The standard InChI is InChI=1S/3C11H15N.2C10H13NO.C10H13N.C9H11NO.2C9H11N/c1-12-9-5-4-7-10-6-2-3-8-11(10)12;1-12-8-4-7-10-5-2-3-6-11(10)9-12;1-12-8-6-10-4-2-3-5-11(10)7-9-12;1-11-6-7-12-8-9-4-2-3-5-10(9)11;1-11-6-7-12-10-5-3-2-4-9(10)8-11;1-11-7-6-9-4-2-3-5-10(9)8-11;1-10-6-7-11-9-5-3-2-4-8(9)10;1-10-6-8-4-2-3-5-9(8)7-10;1-10-7-6-8-4-2-3-5-9(8)10/h2-3,6,8H,4-5,7,9H2,1H3;2-3,5-6H,4,7-9H2,1H3;2-5H,6-9H2,1H3;2*2-5H,6-8H2,1H3;2-5H,6-8H2,1H3;2-5H,6-7H2,1H3;2*2-5H,6-7H2,1H3. The van der Waals surface area contributed by atoms with E-state index in [1.807, 2.05) is 30.3 Å². The van der Waals surface area contributed by atoms with E-state index in [9.17, 15) is 0 Å². The van der Waals surface area contributed by atoms with Gasteiger partial charge in [-0.15, -0.1) is 0 Å². The van der Waals surface area contributed by atoms with Crippen molar-refractivity contribution in [2.24, 2.45) is 0 Å². The molecule has 0 saturated carbocycles. The first kappa shape index (κ1) is 76.2. The molecule has 0 radical (unpaired) electrons. The summed E-state index contributed by atoms with van der Waals surface area (Å²) in [6.07, 6.45) is 11.3. The molecule has 0 bridgehead atoms. The van der Waals surface area contributed by atoms with Crippen molar-refractivity contribution in [3.05, 3.63) is 285 Å². The third kappa shape index (κ3) is 23.5. The van der Waals surface area contributed by atoms with Gasteiger partial charge in [0.2, 0.25) is 0 Å². The van der Waals surface area contributed by atoms with Crippen LogP contribution in [0.15, 0.2) is 218 Å². The summed E-state index contributed by atoms with van der Waals surface area (Å²) in [7, 11) is 19.4. The Balaban J connectivity index is 0.000000124. The maximum Gasteiger partial charge on any atom is 0.142 e. The average Bonchev–Trinajstić information content (AvgIpc) is 1.31. The van der Waals surface area contributed by atoms with Gasteiger partial charge in [0.15, 0.2) is 0 Å². The molecule has 0 N–H and O–H groups in total. The van der Waals surface area contributed by atoms with E-state index in [1.54, 1.807) is 16.7 Å². The number of ether oxygens (including phenoxy) is 3. The molecule has 540 valence electrons. The van der Waals surface area contributed by atoms with Crippen LogP contribution >= 0.6 is 0 Å². The van der Waals surface area contributed by atoms with Gasteiger partial charge >= 0.3 is 0 Å². The van der Waals surface area contributed by atoms with Gasteiger partial charge in [-0.3, -0.25) is 9.80 Å². The number of para-hydroxylation sites is 6. The summed E-state index contributed by atoms with van der Waals surface area (Å²) in [5, 5.41) is 0. The number of nitrogens with zero attached hydrogens (tertiary/aromatic N) is 9. The number of benzene rings is 9. The Labute approximate surface area is 613 Å². The summed E-state index contributed by atoms with van der Waals surface area (Å²) >= 11 is 0. The quantitative estimate of drug-likeness (QED) is 0.145. The van der Waals surface area contributed by atoms with E-state index >= 15 is 0 Å². The number of hydrogen-bond acceptors (Lipinski definition) is 12. The summed E-state index contributed by atoms with van der Waals surface area (Å²) in [5.74, 6) is 2.04. The molecule has 9 aromatic rings. The van der Waals surface area contributed by atoms with Crippen LogP contribution in [0, 0.1) is 0 Å². The molecule has 0 aliphatic carbocycles. The summed E-state index contributed by atoms with van der Waals surface area (Å²) in [6, 6.07) is 77.0. The van der Waals surface area contributed by atoms with E-state index in [1.165, 1.54) is 170 Å². The molecule has 0 unspecified atom stereocenters. The molecule has 0 saturated heterocycles. The maximum atomic E-state index is 5.58. The maximum absolute atomic E-state index is 5.58. The van der Waals surface area contributed by atoms with Gasteiger partial charge in [-0.1, -0.05) is 182 Å². The zero-order valence-corrected chi connectivity index (χ0v) is 63.1. The van der Waals surface area contributed by atoms with Crippen LogP contribution in [0.4, 0.5) is 22.7 Å². The van der Waals surface area contributed by atoms with Crippen LogP contribution in [0.2, 0.25) is 0 Å². The SMILES string of the molecule is CN1CCCCc2ccccc21.CN1CCCc2ccccc2C1.CN1CCOCc2ccccc21.CN1CCOc2ccccc21.CN1CCOc2ccccc2C1.CN1CCc2ccccc21.CN1CCc2ccccc2C1.CN1CCc2ccccc2CC1.CN1Cc2ccccc2C1. The van der Waals surface area contributed by atoms with Gasteiger partial charge in [-0.25, -0.2) is 0 Å². The minimum absolute atomic E-state index is 0.751. The molecule has 18 rings (SSSR count). The number of aryl methyl sites for hydroxylation is 2. The lowest BCUT2D eigenvalue weighted by Gasteiger charge is -2.27. The van der Waals surface area contributed by atoms with Gasteiger partial charge in [0.05, 0.1) is 25.4 Å². The highest BCUT2D eigenvalue weighted by Gasteiger charge is 2.18. The Hall–Kier alpha value is -8.46. The first-order valence-electron chi connectivity index (χ1n) is 37.6. The molecule has 9 aliphatic rings. The van der Waals surface area contributed by atoms with Gasteiger partial charge in [-0.05, 0) is 192 Å². The Kier molecular flexibility index (Phi) is 30.2. The van der Waals surface area contributed by atoms with Crippen LogP contribution in [0.3, 0.4) is 0 Å². The third-order valence-corrected chi connectivity index (χ3v) is 20.6. The summed E-state index contributed by atoms with van der Waals surface area (Å²) in [5.41, 5.74) is 23.1. The molecule has 9 heterocycles. The second-order valence-corrected chi connectivity index (χ2v) is 28.7. The predicted molar refractivity (Wildman–Crippen MR) is 429 cm³/mol. The molecule has 0 aromatic heterocycles. The first-order valence-corrected chi connectivity index (χ1v) is 37.6. The molecule has 102 heavy (non-hydrogen) atoms. The van der Waals surface area contributed by atoms with Crippen LogP contribution in [-0.4, -0.2) is 167 Å². The molecule has 12 heteroatoms. The van der Waals surface area contributed by atoms with Gasteiger partial charge in [0, 0.05) is 135 Å². The Morgan fingerprint density at radius 2 is 0.549 bits per heavy atom. The largest absolute Gasteiger partial charge is 0.492 e. The highest BCUT2D eigenvalue weighted by Crippen LogP contribution is 2.31. The van der Waals surface area contributed by atoms with E-state index < -0.39 is 0 Å². The van der Waals surface area contributed by atoms with Crippen molar-refractivity contribution in [3.8, 4) is 11.5 Å². The minimum atomic E-state index is 0.751. The number of anilines is 4. The average molecular weight is 1370 g/mol. The second kappa shape index (κ2) is 40.4. The van der Waals surface area contributed by atoms with Crippen LogP contribution in [0.5, 0.6) is 11.5 Å². The number of likely N-dealkylation sites (N-methyl/N-ethyl adjacent to an activating group) is 6. The minimum Gasteiger partial charge on any atom is -0.492 e. The normalized spacial score (nSPS) is 17.2.